The van der Waals surface area contributed by atoms with Crippen molar-refractivity contribution >= 4 is 5.91 Å². The number of aliphatic hydroxyl groups is 1. The van der Waals surface area contributed by atoms with Crippen LogP contribution in [0.5, 0.6) is 0 Å². The number of benzene rings is 1. The van der Waals surface area contributed by atoms with Crippen molar-refractivity contribution in [3.63, 3.8) is 0 Å². The Morgan fingerprint density at radius 2 is 1.92 bits per heavy atom. The molecule has 0 aliphatic rings. The second-order valence-electron chi connectivity index (χ2n) is 5.84. The second-order valence-corrected chi connectivity index (χ2v) is 5.84. The number of rotatable bonds is 7. The Bertz CT molecular complexity index is 722. The minimum absolute atomic E-state index is 0.0700. The van der Waals surface area contributed by atoms with Crippen LogP contribution >= 0.6 is 0 Å². The summed E-state index contributed by atoms with van der Waals surface area (Å²) in [6, 6.07) is 12.6. The number of pyridine rings is 1. The zero-order valence-electron chi connectivity index (χ0n) is 14.2. The van der Waals surface area contributed by atoms with Gasteiger partial charge in [0.1, 0.15) is 0 Å². The van der Waals surface area contributed by atoms with Gasteiger partial charge in [0.05, 0.1) is 12.6 Å². The summed E-state index contributed by atoms with van der Waals surface area (Å²) in [5.41, 5.74) is 1.81. The van der Waals surface area contributed by atoms with Gasteiger partial charge in [-0.05, 0) is 25.5 Å². The van der Waals surface area contributed by atoms with E-state index in [0.29, 0.717) is 13.1 Å². The number of aromatic nitrogens is 1. The van der Waals surface area contributed by atoms with Crippen molar-refractivity contribution in [2.75, 3.05) is 13.1 Å². The molecule has 1 N–H and O–H groups in total. The number of amides is 1. The summed E-state index contributed by atoms with van der Waals surface area (Å²) in [5, 5.41) is 10.3. The van der Waals surface area contributed by atoms with Crippen molar-refractivity contribution in [3.05, 3.63) is 70.1 Å². The normalized spacial score (nSPS) is 12.0. The highest BCUT2D eigenvalue weighted by Gasteiger charge is 2.17. The first-order valence-corrected chi connectivity index (χ1v) is 8.19. The molecule has 5 nitrogen and oxygen atoms in total. The van der Waals surface area contributed by atoms with Crippen LogP contribution in [0, 0.1) is 6.92 Å². The van der Waals surface area contributed by atoms with Gasteiger partial charge in [0.15, 0.2) is 0 Å². The third-order valence-corrected chi connectivity index (χ3v) is 4.06. The van der Waals surface area contributed by atoms with Gasteiger partial charge in [0.2, 0.25) is 5.91 Å². The lowest BCUT2D eigenvalue weighted by atomic mass is 10.1. The molecule has 0 fully saturated rings. The first-order chi connectivity index (χ1) is 11.5. The van der Waals surface area contributed by atoms with Crippen molar-refractivity contribution in [2.45, 2.75) is 32.9 Å². The van der Waals surface area contributed by atoms with Crippen LogP contribution in [0.3, 0.4) is 0 Å². The number of carbonyl (C=O) groups is 1. The van der Waals surface area contributed by atoms with Crippen LogP contribution in [-0.4, -0.2) is 33.6 Å². The van der Waals surface area contributed by atoms with Crippen LogP contribution in [0.4, 0.5) is 0 Å². The average Bonchev–Trinajstić information content (AvgIpc) is 2.59. The molecule has 0 bridgehead atoms. The van der Waals surface area contributed by atoms with E-state index in [2.05, 4.69) is 0 Å². The number of hydrogen-bond acceptors (Lipinski definition) is 3. The molecule has 1 heterocycles. The lowest BCUT2D eigenvalue weighted by molar-refractivity contribution is -0.132. The van der Waals surface area contributed by atoms with Gasteiger partial charge in [-0.3, -0.25) is 9.59 Å². The maximum Gasteiger partial charge on any atom is 0.250 e. The average molecular weight is 328 g/mol. The number of aryl methyl sites for hydroxylation is 2. The molecule has 1 aromatic heterocycles. The number of likely N-dealkylation sites (N-methyl/N-ethyl adjacent to an activating group) is 1. The third-order valence-electron chi connectivity index (χ3n) is 4.06. The Morgan fingerprint density at radius 1 is 1.21 bits per heavy atom. The highest BCUT2D eigenvalue weighted by molar-refractivity contribution is 5.76. The van der Waals surface area contributed by atoms with E-state index < -0.39 is 6.10 Å². The summed E-state index contributed by atoms with van der Waals surface area (Å²) in [7, 11) is 0. The van der Waals surface area contributed by atoms with Gasteiger partial charge in [0, 0.05) is 31.8 Å². The zero-order valence-corrected chi connectivity index (χ0v) is 14.2. The van der Waals surface area contributed by atoms with E-state index in [1.54, 1.807) is 23.2 Å². The van der Waals surface area contributed by atoms with Crippen molar-refractivity contribution in [2.24, 2.45) is 0 Å². The van der Waals surface area contributed by atoms with Gasteiger partial charge < -0.3 is 14.6 Å². The predicted molar refractivity (Wildman–Crippen MR) is 93.7 cm³/mol. The molecule has 1 aromatic carbocycles. The Labute approximate surface area is 142 Å². The second kappa shape index (κ2) is 8.45. The third kappa shape index (κ3) is 4.80. The quantitative estimate of drug-likeness (QED) is 0.847. The van der Waals surface area contributed by atoms with E-state index in [-0.39, 0.29) is 24.4 Å². The molecular weight excluding hydrogens is 304 g/mol. The first-order valence-electron chi connectivity index (χ1n) is 8.19. The van der Waals surface area contributed by atoms with Crippen LogP contribution in [-0.2, 0) is 11.3 Å². The molecule has 0 aliphatic heterocycles. The highest BCUT2D eigenvalue weighted by Crippen LogP contribution is 2.15. The Morgan fingerprint density at radius 3 is 2.54 bits per heavy atom. The summed E-state index contributed by atoms with van der Waals surface area (Å²) < 4.78 is 1.52. The maximum atomic E-state index is 12.4. The van der Waals surface area contributed by atoms with E-state index in [1.165, 1.54) is 10.6 Å². The van der Waals surface area contributed by atoms with Crippen molar-refractivity contribution < 1.29 is 9.90 Å². The molecule has 1 unspecified atom stereocenters. The summed E-state index contributed by atoms with van der Waals surface area (Å²) in [6.07, 6.45) is 1.19. The molecule has 0 saturated carbocycles. The van der Waals surface area contributed by atoms with Gasteiger partial charge in [-0.15, -0.1) is 0 Å². The van der Waals surface area contributed by atoms with Gasteiger partial charge in [0.25, 0.3) is 5.56 Å². The van der Waals surface area contributed by atoms with Crippen LogP contribution in [0.2, 0.25) is 0 Å². The summed E-state index contributed by atoms with van der Waals surface area (Å²) in [5.74, 6) is -0.0700. The van der Waals surface area contributed by atoms with E-state index in [1.807, 2.05) is 38.1 Å². The number of carbonyl (C=O) groups excluding carboxylic acids is 1. The van der Waals surface area contributed by atoms with E-state index in [0.717, 1.165) is 11.1 Å². The molecule has 0 spiro atoms. The van der Waals surface area contributed by atoms with Gasteiger partial charge in [-0.25, -0.2) is 0 Å². The number of aliphatic hydroxyl groups excluding tert-OH is 1. The van der Waals surface area contributed by atoms with Crippen molar-refractivity contribution in [3.8, 4) is 0 Å². The van der Waals surface area contributed by atoms with Gasteiger partial charge in [-0.2, -0.15) is 0 Å². The Hall–Kier alpha value is -2.40. The van der Waals surface area contributed by atoms with Crippen LogP contribution < -0.4 is 5.56 Å². The minimum atomic E-state index is -0.714. The monoisotopic (exact) mass is 328 g/mol. The summed E-state index contributed by atoms with van der Waals surface area (Å²) >= 11 is 0. The molecule has 128 valence electrons. The standard InChI is InChI=1S/C19H24N2O3/c1-3-20(14-17(22)16-9-7-15(2)8-10-16)19(24)11-13-21-12-5-4-6-18(21)23/h4-10,12,17,22H,3,11,13-14H2,1-2H3. The molecule has 1 amide bonds. The number of nitrogens with zero attached hydrogens (tertiary/aromatic N) is 2. The highest BCUT2D eigenvalue weighted by atomic mass is 16.3. The molecular formula is C19H24N2O3. The van der Waals surface area contributed by atoms with Gasteiger partial charge in [-0.1, -0.05) is 35.9 Å². The molecule has 24 heavy (non-hydrogen) atoms. The predicted octanol–water partition coefficient (Wildman–Crippen LogP) is 2.13. The Kier molecular flexibility index (Phi) is 6.32. The lowest BCUT2D eigenvalue weighted by Gasteiger charge is -2.24. The SMILES string of the molecule is CCN(CC(O)c1ccc(C)cc1)C(=O)CCn1ccccc1=O. The van der Waals surface area contributed by atoms with E-state index in [4.69, 9.17) is 0 Å². The number of hydrogen-bond donors (Lipinski definition) is 1. The lowest BCUT2D eigenvalue weighted by Crippen LogP contribution is -2.35. The smallest absolute Gasteiger partial charge is 0.250 e. The van der Waals surface area contributed by atoms with Crippen LogP contribution in [0.15, 0.2) is 53.5 Å². The van der Waals surface area contributed by atoms with Crippen LogP contribution in [0.25, 0.3) is 0 Å². The molecule has 0 radical (unpaired) electrons. The first kappa shape index (κ1) is 17.9. The molecule has 1 atom stereocenters. The van der Waals surface area contributed by atoms with Crippen LogP contribution in [0.1, 0.15) is 30.6 Å². The molecule has 0 saturated heterocycles. The molecule has 5 heteroatoms. The summed E-state index contributed by atoms with van der Waals surface area (Å²) in [6.45, 7) is 4.99. The Balaban J connectivity index is 1.94. The van der Waals surface area contributed by atoms with Crippen molar-refractivity contribution in [1.29, 1.82) is 0 Å². The molecule has 2 rings (SSSR count). The fourth-order valence-electron chi connectivity index (χ4n) is 2.53. The topological polar surface area (TPSA) is 62.5 Å². The van der Waals surface area contributed by atoms with E-state index in [9.17, 15) is 14.7 Å². The molecule has 2 aromatic rings. The van der Waals surface area contributed by atoms with E-state index >= 15 is 0 Å². The maximum absolute atomic E-state index is 12.4. The summed E-state index contributed by atoms with van der Waals surface area (Å²) in [4.78, 5) is 25.7. The fraction of sp³-hybridized carbons (Fsp3) is 0.368. The van der Waals surface area contributed by atoms with Crippen molar-refractivity contribution in [1.82, 2.24) is 9.47 Å². The van der Waals surface area contributed by atoms with Gasteiger partial charge >= 0.3 is 0 Å². The largest absolute Gasteiger partial charge is 0.387 e. The molecule has 0 aliphatic carbocycles. The fourth-order valence-corrected chi connectivity index (χ4v) is 2.53. The minimum Gasteiger partial charge on any atom is -0.387 e. The zero-order chi connectivity index (χ0) is 17.5.